The molecule has 2 N–H and O–H groups in total. The lowest BCUT2D eigenvalue weighted by Crippen LogP contribution is -2.51. The second-order valence-corrected chi connectivity index (χ2v) is 18.6. The van der Waals surface area contributed by atoms with Crippen LogP contribution in [0.15, 0.2) is 0 Å². The van der Waals surface area contributed by atoms with Gasteiger partial charge in [0.15, 0.2) is 16.2 Å². The number of carbonyl (C=O) groups is 3. The molecule has 6 bridgehead atoms. The van der Waals surface area contributed by atoms with Gasteiger partial charge in [0.1, 0.15) is 17.8 Å². The van der Waals surface area contributed by atoms with E-state index < -0.39 is 44.7 Å². The van der Waals surface area contributed by atoms with Crippen LogP contribution in [0.5, 0.6) is 0 Å². The predicted octanol–water partition coefficient (Wildman–Crippen LogP) is 4.07. The molecule has 11 nitrogen and oxygen atoms in total. The topological polar surface area (TPSA) is 191 Å². The first kappa shape index (κ1) is 34.3. The summed E-state index contributed by atoms with van der Waals surface area (Å²) in [6.45, 7) is 18.8. The number of rotatable bonds is 2. The van der Waals surface area contributed by atoms with E-state index in [1.54, 1.807) is 0 Å². The highest BCUT2D eigenvalue weighted by atomic mass is 16.6. The molecule has 0 aromatic heterocycles. The molecule has 9 fully saturated rings. The van der Waals surface area contributed by atoms with Gasteiger partial charge >= 0.3 is 17.9 Å². The Labute approximate surface area is 288 Å². The number of esters is 3. The fraction of sp³-hybridized carbons (Fsp3) is 0.842. The predicted molar refractivity (Wildman–Crippen MR) is 170 cm³/mol. The number of hydrogen-bond acceptors (Lipinski definition) is 11. The Morgan fingerprint density at radius 3 is 1.94 bits per heavy atom. The lowest BCUT2D eigenvalue weighted by molar-refractivity contribution is -0.158. The summed E-state index contributed by atoms with van der Waals surface area (Å²) < 4.78 is 16.5. The van der Waals surface area contributed by atoms with Crippen molar-refractivity contribution in [2.45, 2.75) is 106 Å². The Bertz CT molecular complexity index is 1710. The number of hydrogen-bond donors (Lipinski definition) is 2. The monoisotopic (exact) mass is 675 g/mol. The van der Waals surface area contributed by atoms with Crippen molar-refractivity contribution in [1.82, 2.24) is 0 Å². The molecule has 6 aliphatic carbocycles. The van der Waals surface area contributed by atoms with Gasteiger partial charge in [-0.15, -0.1) is 0 Å². The van der Waals surface area contributed by atoms with Crippen molar-refractivity contribution in [3.8, 4) is 18.2 Å². The van der Waals surface area contributed by atoms with Crippen molar-refractivity contribution in [3.63, 3.8) is 0 Å². The summed E-state index contributed by atoms with van der Waals surface area (Å²) in [5.41, 5.74) is -4.64. The van der Waals surface area contributed by atoms with Crippen LogP contribution >= 0.6 is 0 Å². The summed E-state index contributed by atoms with van der Waals surface area (Å²) in [7, 11) is 0. The molecule has 16 atom stereocenters. The smallest absolute Gasteiger partial charge is 0.327 e. The fourth-order valence-corrected chi connectivity index (χ4v) is 13.9. The standard InChI is InChI=1S/C14H19NO2.C12H15NO4.C12H15NO2/c1-8-9-13(5)11(2,3)12(8,4)6-14(9,7-15)10(16)17-13;1-7-8-12(6-15)3-10(7,5-14)2-11(12,4-13)9(16)17-8;1-6-9-8-4-11(6,3)7(2)12(8,5-13)10(14)15-9/h8-9H,6H2,1-5H3;7-8,14-15H,2-3,5-6H2,1H3;6-9H,4H2,1-3H3. The van der Waals surface area contributed by atoms with E-state index in [2.05, 4.69) is 59.8 Å². The molecule has 0 spiro atoms. The van der Waals surface area contributed by atoms with Gasteiger partial charge in [-0.3, -0.25) is 14.4 Å². The highest BCUT2D eigenvalue weighted by Gasteiger charge is 2.86. The van der Waals surface area contributed by atoms with Gasteiger partial charge in [-0.2, -0.15) is 15.8 Å². The molecule has 9 rings (SSSR count). The van der Waals surface area contributed by atoms with E-state index in [9.17, 15) is 40.4 Å². The maximum atomic E-state index is 12.2. The van der Waals surface area contributed by atoms with E-state index in [0.29, 0.717) is 31.1 Å². The van der Waals surface area contributed by atoms with Crippen LogP contribution in [0.3, 0.4) is 0 Å². The van der Waals surface area contributed by atoms with E-state index in [1.807, 2.05) is 20.8 Å². The number of carbonyl (C=O) groups excluding carboxylic acids is 3. The van der Waals surface area contributed by atoms with Crippen LogP contribution in [0.1, 0.15) is 88.0 Å². The summed E-state index contributed by atoms with van der Waals surface area (Å²) >= 11 is 0. The zero-order valence-corrected chi connectivity index (χ0v) is 30.0. The zero-order chi connectivity index (χ0) is 36.3. The molecule has 0 aromatic carbocycles. The van der Waals surface area contributed by atoms with Gasteiger partial charge in [-0.25, -0.2) is 0 Å². The van der Waals surface area contributed by atoms with Crippen molar-refractivity contribution in [1.29, 1.82) is 15.8 Å². The number of nitriles is 3. The number of nitrogens with zero attached hydrogens (tertiary/aromatic N) is 3. The first-order chi connectivity index (χ1) is 22.7. The van der Waals surface area contributed by atoms with Gasteiger partial charge < -0.3 is 24.4 Å². The molecule has 16 unspecified atom stereocenters. The molecule has 49 heavy (non-hydrogen) atoms. The molecule has 0 radical (unpaired) electrons. The first-order valence-electron chi connectivity index (χ1n) is 17.8. The average Bonchev–Trinajstić information content (AvgIpc) is 3.87. The third-order valence-electron chi connectivity index (χ3n) is 17.9. The minimum absolute atomic E-state index is 0.00153. The molecule has 0 aromatic rings. The highest BCUT2D eigenvalue weighted by molar-refractivity contribution is 5.87. The SMILES string of the molecule is CC1C2C3(C#N)CC1(C)C(C)(C)C2(C)OC3=O.CC1C2OC(=O)C3(C#N)C2CC1(C)C3C.CC1C2OC(=O)C3(C#N)CC1(CO)CC23CO. The Morgan fingerprint density at radius 1 is 0.776 bits per heavy atom. The van der Waals surface area contributed by atoms with Gasteiger partial charge in [0.2, 0.25) is 0 Å². The Morgan fingerprint density at radius 2 is 1.43 bits per heavy atom. The molecule has 6 saturated carbocycles. The lowest BCUT2D eigenvalue weighted by atomic mass is 9.55. The van der Waals surface area contributed by atoms with Crippen LogP contribution in [0.25, 0.3) is 0 Å². The van der Waals surface area contributed by atoms with Crippen LogP contribution in [0.2, 0.25) is 0 Å². The van der Waals surface area contributed by atoms with Gasteiger partial charge in [-0.05, 0) is 61.2 Å². The largest absolute Gasteiger partial charge is 0.460 e. The zero-order valence-electron chi connectivity index (χ0n) is 30.0. The molecule has 3 heterocycles. The van der Waals surface area contributed by atoms with Gasteiger partial charge in [0.25, 0.3) is 0 Å². The summed E-state index contributed by atoms with van der Waals surface area (Å²) in [6, 6.07) is 6.64. The van der Waals surface area contributed by atoms with Crippen LogP contribution in [0, 0.1) is 113 Å². The Balaban J connectivity index is 0.000000116. The molecular weight excluding hydrogens is 626 g/mol. The molecule has 9 aliphatic rings. The van der Waals surface area contributed by atoms with Crippen molar-refractivity contribution in [2.75, 3.05) is 13.2 Å². The minimum Gasteiger partial charge on any atom is -0.460 e. The highest BCUT2D eigenvalue weighted by Crippen LogP contribution is 2.80. The maximum Gasteiger partial charge on any atom is 0.327 e. The fourth-order valence-electron chi connectivity index (χ4n) is 13.9. The molecule has 3 saturated heterocycles. The summed E-state index contributed by atoms with van der Waals surface area (Å²) in [6.07, 6.45) is 2.00. The molecule has 3 aliphatic heterocycles. The molecular formula is C38H49N3O8. The second kappa shape index (κ2) is 9.36. The number of ether oxygens (including phenoxy) is 3. The van der Waals surface area contributed by atoms with Crippen molar-refractivity contribution >= 4 is 17.9 Å². The number of fused-ring (bicyclic) bond motifs is 3. The van der Waals surface area contributed by atoms with E-state index in [-0.39, 0.29) is 71.2 Å². The normalized spacial score (nSPS) is 57.7. The van der Waals surface area contributed by atoms with E-state index >= 15 is 0 Å². The summed E-state index contributed by atoms with van der Waals surface area (Å²) in [5.74, 6) is -0.00157. The van der Waals surface area contributed by atoms with Crippen LogP contribution in [-0.2, 0) is 28.6 Å². The van der Waals surface area contributed by atoms with Crippen molar-refractivity contribution in [3.05, 3.63) is 0 Å². The van der Waals surface area contributed by atoms with Gasteiger partial charge in [0.05, 0.1) is 30.2 Å². The Kier molecular flexibility index (Phi) is 6.55. The average molecular weight is 676 g/mol. The van der Waals surface area contributed by atoms with Crippen LogP contribution in [-0.4, -0.2) is 59.1 Å². The number of aliphatic hydroxyl groups is 2. The van der Waals surface area contributed by atoms with E-state index in [4.69, 9.17) is 14.2 Å². The third-order valence-corrected chi connectivity index (χ3v) is 17.9. The van der Waals surface area contributed by atoms with Crippen molar-refractivity contribution in [2.24, 2.45) is 78.8 Å². The summed E-state index contributed by atoms with van der Waals surface area (Å²) in [4.78, 5) is 36.1. The van der Waals surface area contributed by atoms with Gasteiger partial charge in [-0.1, -0.05) is 55.4 Å². The van der Waals surface area contributed by atoms with E-state index in [0.717, 1.165) is 6.42 Å². The Hall–Kier alpha value is -3.20. The lowest BCUT2D eigenvalue weighted by Gasteiger charge is -2.48. The van der Waals surface area contributed by atoms with Crippen molar-refractivity contribution < 1.29 is 38.8 Å². The van der Waals surface area contributed by atoms with E-state index in [1.165, 1.54) is 0 Å². The molecule has 264 valence electrons. The van der Waals surface area contributed by atoms with Crippen LogP contribution in [0.4, 0.5) is 0 Å². The molecule has 0 amide bonds. The molecule has 11 heteroatoms. The summed E-state index contributed by atoms with van der Waals surface area (Å²) in [5, 5.41) is 47.6. The minimum atomic E-state index is -1.25. The maximum absolute atomic E-state index is 12.2. The second-order valence-electron chi connectivity index (χ2n) is 18.6. The number of aliphatic hydroxyl groups excluding tert-OH is 2. The first-order valence-corrected chi connectivity index (χ1v) is 17.8. The quantitative estimate of drug-likeness (QED) is 0.317. The third kappa shape index (κ3) is 3.10. The van der Waals surface area contributed by atoms with Gasteiger partial charge in [0, 0.05) is 35.2 Å². The van der Waals surface area contributed by atoms with Crippen LogP contribution < -0.4 is 0 Å².